The van der Waals surface area contributed by atoms with Crippen molar-refractivity contribution in [2.45, 2.75) is 117 Å². The summed E-state index contributed by atoms with van der Waals surface area (Å²) in [6.07, 6.45) is 17.4. The molecule has 0 aliphatic carbocycles. The maximum absolute atomic E-state index is 12.0. The standard InChI is InChI=1S/C23H41NO2/c1-5-6-7-8-9-10-11-12-13-14-15-16-17-20-18-19-21(24-20)22(25)26-23(2,3)4/h18-19,24H,5-17H2,1-4H3. The Morgan fingerprint density at radius 2 is 1.35 bits per heavy atom. The van der Waals surface area contributed by atoms with Crippen LogP contribution in [0.3, 0.4) is 0 Å². The van der Waals surface area contributed by atoms with Crippen LogP contribution in [0.5, 0.6) is 0 Å². The molecule has 0 unspecified atom stereocenters. The second-order valence-corrected chi connectivity index (χ2v) is 8.54. The van der Waals surface area contributed by atoms with Crippen molar-refractivity contribution in [3.8, 4) is 0 Å². The van der Waals surface area contributed by atoms with E-state index in [1.165, 1.54) is 77.0 Å². The largest absolute Gasteiger partial charge is 0.455 e. The van der Waals surface area contributed by atoms with E-state index in [4.69, 9.17) is 4.74 Å². The van der Waals surface area contributed by atoms with Gasteiger partial charge in [-0.25, -0.2) is 4.79 Å². The topological polar surface area (TPSA) is 42.1 Å². The molecule has 0 fully saturated rings. The monoisotopic (exact) mass is 363 g/mol. The minimum absolute atomic E-state index is 0.265. The number of aromatic nitrogens is 1. The van der Waals surface area contributed by atoms with E-state index in [2.05, 4.69) is 11.9 Å². The molecule has 1 aromatic heterocycles. The Balaban J connectivity index is 2.01. The molecule has 0 aliphatic rings. The van der Waals surface area contributed by atoms with Crippen LogP contribution in [0.25, 0.3) is 0 Å². The lowest BCUT2D eigenvalue weighted by Crippen LogP contribution is -2.24. The molecule has 0 bridgehead atoms. The van der Waals surface area contributed by atoms with Crippen molar-refractivity contribution in [1.82, 2.24) is 4.98 Å². The van der Waals surface area contributed by atoms with Gasteiger partial charge >= 0.3 is 5.97 Å². The number of esters is 1. The predicted octanol–water partition coefficient (Wildman–Crippen LogP) is 7.21. The summed E-state index contributed by atoms with van der Waals surface area (Å²) >= 11 is 0. The van der Waals surface area contributed by atoms with Crippen LogP contribution in [0.2, 0.25) is 0 Å². The van der Waals surface area contributed by atoms with E-state index in [0.717, 1.165) is 12.1 Å². The summed E-state index contributed by atoms with van der Waals surface area (Å²) in [7, 11) is 0. The molecule has 26 heavy (non-hydrogen) atoms. The lowest BCUT2D eigenvalue weighted by atomic mass is 10.0. The van der Waals surface area contributed by atoms with Gasteiger partial charge in [0.15, 0.2) is 0 Å². The first-order chi connectivity index (χ1) is 12.4. The average molecular weight is 364 g/mol. The normalized spacial score (nSPS) is 11.7. The Kier molecular flexibility index (Phi) is 11.4. The summed E-state index contributed by atoms with van der Waals surface area (Å²) in [5.74, 6) is -0.265. The number of H-pyrrole nitrogens is 1. The fourth-order valence-corrected chi connectivity index (χ4v) is 3.19. The highest BCUT2D eigenvalue weighted by Gasteiger charge is 2.18. The minimum atomic E-state index is -0.447. The molecule has 0 aliphatic heterocycles. The third-order valence-electron chi connectivity index (χ3n) is 4.66. The van der Waals surface area contributed by atoms with Gasteiger partial charge in [-0.3, -0.25) is 0 Å². The zero-order valence-electron chi connectivity index (χ0n) is 17.7. The molecule has 0 spiro atoms. The van der Waals surface area contributed by atoms with Crippen LogP contribution in [-0.2, 0) is 11.2 Å². The maximum atomic E-state index is 12.0. The van der Waals surface area contributed by atoms with Gasteiger partial charge < -0.3 is 9.72 Å². The maximum Gasteiger partial charge on any atom is 0.355 e. The molecule has 150 valence electrons. The van der Waals surface area contributed by atoms with E-state index < -0.39 is 5.60 Å². The van der Waals surface area contributed by atoms with Crippen molar-refractivity contribution in [3.05, 3.63) is 23.5 Å². The van der Waals surface area contributed by atoms with E-state index >= 15 is 0 Å². The highest BCUT2D eigenvalue weighted by molar-refractivity contribution is 5.87. The Morgan fingerprint density at radius 1 is 0.846 bits per heavy atom. The highest BCUT2D eigenvalue weighted by Crippen LogP contribution is 2.15. The molecule has 0 amide bonds. The predicted molar refractivity (Wildman–Crippen MR) is 111 cm³/mol. The average Bonchev–Trinajstić information content (AvgIpc) is 3.03. The number of carbonyl (C=O) groups is 1. The van der Waals surface area contributed by atoms with Crippen LogP contribution in [0, 0.1) is 0 Å². The van der Waals surface area contributed by atoms with E-state index in [1.807, 2.05) is 32.9 Å². The van der Waals surface area contributed by atoms with Gasteiger partial charge in [-0.05, 0) is 45.7 Å². The molecule has 1 rings (SSSR count). The van der Waals surface area contributed by atoms with Gasteiger partial charge in [0.05, 0.1) is 0 Å². The van der Waals surface area contributed by atoms with E-state index in [1.54, 1.807) is 0 Å². The summed E-state index contributed by atoms with van der Waals surface area (Å²) in [5, 5.41) is 0. The minimum Gasteiger partial charge on any atom is -0.455 e. The molecule has 0 saturated carbocycles. The number of hydrogen-bond donors (Lipinski definition) is 1. The van der Waals surface area contributed by atoms with Gasteiger partial charge in [-0.1, -0.05) is 77.6 Å². The second kappa shape index (κ2) is 13.0. The number of hydrogen-bond acceptors (Lipinski definition) is 2. The molecule has 3 heteroatoms. The van der Waals surface area contributed by atoms with Crippen molar-refractivity contribution in [1.29, 1.82) is 0 Å². The second-order valence-electron chi connectivity index (χ2n) is 8.54. The highest BCUT2D eigenvalue weighted by atomic mass is 16.6. The Labute approximate surface area is 161 Å². The zero-order chi connectivity index (χ0) is 19.3. The molecular formula is C23H41NO2. The number of nitrogens with one attached hydrogen (secondary N) is 1. The molecule has 0 aromatic carbocycles. The molecular weight excluding hydrogens is 322 g/mol. The van der Waals surface area contributed by atoms with Crippen LogP contribution >= 0.6 is 0 Å². The molecule has 0 saturated heterocycles. The van der Waals surface area contributed by atoms with Gasteiger partial charge in [-0.15, -0.1) is 0 Å². The van der Waals surface area contributed by atoms with Crippen LogP contribution in [0.4, 0.5) is 0 Å². The number of ether oxygens (including phenoxy) is 1. The number of unbranched alkanes of at least 4 members (excludes halogenated alkanes) is 11. The molecule has 1 N–H and O–H groups in total. The number of aryl methyl sites for hydroxylation is 1. The fraction of sp³-hybridized carbons (Fsp3) is 0.783. The van der Waals surface area contributed by atoms with E-state index in [-0.39, 0.29) is 5.97 Å². The summed E-state index contributed by atoms with van der Waals surface area (Å²) in [4.78, 5) is 15.2. The zero-order valence-corrected chi connectivity index (χ0v) is 17.7. The van der Waals surface area contributed by atoms with Crippen molar-refractivity contribution in [2.24, 2.45) is 0 Å². The number of rotatable bonds is 14. The molecule has 0 atom stereocenters. The molecule has 1 heterocycles. The van der Waals surface area contributed by atoms with Gasteiger partial charge in [-0.2, -0.15) is 0 Å². The molecule has 3 nitrogen and oxygen atoms in total. The fourth-order valence-electron chi connectivity index (χ4n) is 3.19. The lowest BCUT2D eigenvalue weighted by molar-refractivity contribution is 0.00634. The first kappa shape index (κ1) is 22.8. The third kappa shape index (κ3) is 11.4. The van der Waals surface area contributed by atoms with Crippen molar-refractivity contribution in [2.75, 3.05) is 0 Å². The molecule has 1 aromatic rings. The SMILES string of the molecule is CCCCCCCCCCCCCCc1ccc(C(=O)OC(C)(C)C)[nH]1. The summed E-state index contributed by atoms with van der Waals surface area (Å²) in [6.45, 7) is 7.94. The smallest absolute Gasteiger partial charge is 0.355 e. The van der Waals surface area contributed by atoms with Crippen molar-refractivity contribution >= 4 is 5.97 Å². The lowest BCUT2D eigenvalue weighted by Gasteiger charge is -2.18. The number of aromatic amines is 1. The van der Waals surface area contributed by atoms with Crippen LogP contribution in [-0.4, -0.2) is 16.6 Å². The molecule has 0 radical (unpaired) electrons. The van der Waals surface area contributed by atoms with E-state index in [9.17, 15) is 4.79 Å². The summed E-state index contributed by atoms with van der Waals surface area (Å²) < 4.78 is 5.38. The Bertz CT molecular complexity index is 485. The third-order valence-corrected chi connectivity index (χ3v) is 4.66. The van der Waals surface area contributed by atoms with Gasteiger partial charge in [0.25, 0.3) is 0 Å². The first-order valence-electron chi connectivity index (χ1n) is 10.8. The van der Waals surface area contributed by atoms with E-state index in [0.29, 0.717) is 5.69 Å². The first-order valence-corrected chi connectivity index (χ1v) is 10.8. The number of carbonyl (C=O) groups excluding carboxylic acids is 1. The van der Waals surface area contributed by atoms with Gasteiger partial charge in [0.1, 0.15) is 11.3 Å². The Morgan fingerprint density at radius 3 is 1.85 bits per heavy atom. The van der Waals surface area contributed by atoms with Crippen molar-refractivity contribution in [3.63, 3.8) is 0 Å². The van der Waals surface area contributed by atoms with Crippen LogP contribution in [0.1, 0.15) is 121 Å². The quantitative estimate of drug-likeness (QED) is 0.280. The van der Waals surface area contributed by atoms with Gasteiger partial charge in [0.2, 0.25) is 0 Å². The van der Waals surface area contributed by atoms with Crippen LogP contribution in [0.15, 0.2) is 12.1 Å². The van der Waals surface area contributed by atoms with Crippen molar-refractivity contribution < 1.29 is 9.53 Å². The Hall–Kier alpha value is -1.25. The summed E-state index contributed by atoms with van der Waals surface area (Å²) in [5.41, 5.74) is 1.25. The summed E-state index contributed by atoms with van der Waals surface area (Å²) in [6, 6.07) is 3.85. The van der Waals surface area contributed by atoms with Crippen LogP contribution < -0.4 is 0 Å². The van der Waals surface area contributed by atoms with Gasteiger partial charge in [0, 0.05) is 5.69 Å².